The van der Waals surface area contributed by atoms with Crippen molar-refractivity contribution in [1.29, 1.82) is 0 Å². The molecule has 16 heavy (non-hydrogen) atoms. The molecule has 0 aliphatic heterocycles. The highest BCUT2D eigenvalue weighted by Crippen LogP contribution is 2.26. The molecule has 1 atom stereocenters. The molecule has 0 bridgehead atoms. The van der Waals surface area contributed by atoms with E-state index in [-0.39, 0.29) is 24.4 Å². The van der Waals surface area contributed by atoms with Gasteiger partial charge in [-0.2, -0.15) is 0 Å². The summed E-state index contributed by atoms with van der Waals surface area (Å²) in [7, 11) is 3.46. The SMILES string of the molecule is COC(CN)CC(=O)N(C)CC1CCC1.Cl. The second-order valence-electron chi connectivity index (χ2n) is 4.37. The second-order valence-corrected chi connectivity index (χ2v) is 4.37. The van der Waals surface area contributed by atoms with Gasteiger partial charge < -0.3 is 15.4 Å². The van der Waals surface area contributed by atoms with Crippen LogP contribution in [-0.4, -0.2) is 44.2 Å². The molecule has 1 aliphatic carbocycles. The van der Waals surface area contributed by atoms with Crippen LogP contribution in [0.2, 0.25) is 0 Å². The number of hydrogen-bond acceptors (Lipinski definition) is 3. The average molecular weight is 251 g/mol. The fourth-order valence-corrected chi connectivity index (χ4v) is 1.78. The number of hydrogen-bond donors (Lipinski definition) is 1. The van der Waals surface area contributed by atoms with E-state index < -0.39 is 0 Å². The van der Waals surface area contributed by atoms with Gasteiger partial charge >= 0.3 is 0 Å². The van der Waals surface area contributed by atoms with Gasteiger partial charge in [0.25, 0.3) is 0 Å². The molecule has 0 heterocycles. The second kappa shape index (κ2) is 7.87. The molecule has 0 saturated heterocycles. The van der Waals surface area contributed by atoms with Gasteiger partial charge in [-0.15, -0.1) is 12.4 Å². The summed E-state index contributed by atoms with van der Waals surface area (Å²) < 4.78 is 5.09. The average Bonchev–Trinajstić information content (AvgIpc) is 2.19. The van der Waals surface area contributed by atoms with Crippen molar-refractivity contribution in [3.8, 4) is 0 Å². The summed E-state index contributed by atoms with van der Waals surface area (Å²) in [6, 6.07) is 0. The monoisotopic (exact) mass is 250 g/mol. The Hall–Kier alpha value is -0.320. The number of carbonyl (C=O) groups excluding carboxylic acids is 1. The molecule has 2 N–H and O–H groups in total. The summed E-state index contributed by atoms with van der Waals surface area (Å²) in [6.45, 7) is 1.29. The number of nitrogens with zero attached hydrogens (tertiary/aromatic N) is 1. The van der Waals surface area contributed by atoms with E-state index in [4.69, 9.17) is 10.5 Å². The van der Waals surface area contributed by atoms with E-state index in [0.717, 1.165) is 12.5 Å². The lowest BCUT2D eigenvalue weighted by Crippen LogP contribution is -2.37. The molecule has 1 fully saturated rings. The minimum absolute atomic E-state index is 0. The number of ether oxygens (including phenoxy) is 1. The lowest BCUT2D eigenvalue weighted by Gasteiger charge is -2.30. The molecule has 96 valence electrons. The maximum Gasteiger partial charge on any atom is 0.224 e. The molecular weight excluding hydrogens is 228 g/mol. The maximum atomic E-state index is 11.7. The first-order valence-corrected chi connectivity index (χ1v) is 5.64. The molecule has 1 saturated carbocycles. The summed E-state index contributed by atoms with van der Waals surface area (Å²) in [5, 5.41) is 0. The first kappa shape index (κ1) is 15.7. The molecule has 1 aliphatic rings. The van der Waals surface area contributed by atoms with E-state index in [1.54, 1.807) is 7.11 Å². The summed E-state index contributed by atoms with van der Waals surface area (Å²) in [5.74, 6) is 0.858. The van der Waals surface area contributed by atoms with Crippen LogP contribution in [0.25, 0.3) is 0 Å². The van der Waals surface area contributed by atoms with Crippen LogP contribution in [0.15, 0.2) is 0 Å². The Balaban J connectivity index is 0.00000225. The van der Waals surface area contributed by atoms with Crippen molar-refractivity contribution in [3.63, 3.8) is 0 Å². The molecule has 0 aromatic heterocycles. The van der Waals surface area contributed by atoms with Crippen molar-refractivity contribution >= 4 is 18.3 Å². The third-order valence-corrected chi connectivity index (χ3v) is 3.18. The van der Waals surface area contributed by atoms with Crippen molar-refractivity contribution in [2.45, 2.75) is 31.8 Å². The normalized spacial score (nSPS) is 17.2. The predicted molar refractivity (Wildman–Crippen MR) is 66.7 cm³/mol. The van der Waals surface area contributed by atoms with Gasteiger partial charge in [-0.25, -0.2) is 0 Å². The van der Waals surface area contributed by atoms with Gasteiger partial charge in [0.15, 0.2) is 0 Å². The van der Waals surface area contributed by atoms with E-state index in [1.165, 1.54) is 19.3 Å². The fraction of sp³-hybridized carbons (Fsp3) is 0.909. The number of carbonyl (C=O) groups is 1. The lowest BCUT2D eigenvalue weighted by atomic mass is 9.85. The summed E-state index contributed by atoms with van der Waals surface area (Å²) >= 11 is 0. The zero-order valence-electron chi connectivity index (χ0n) is 10.1. The van der Waals surface area contributed by atoms with Crippen molar-refractivity contribution in [1.82, 2.24) is 4.90 Å². The van der Waals surface area contributed by atoms with Crippen LogP contribution >= 0.6 is 12.4 Å². The smallest absolute Gasteiger partial charge is 0.224 e. The first-order chi connectivity index (χ1) is 7.17. The predicted octanol–water partition coefficient (Wildman–Crippen LogP) is 1.03. The van der Waals surface area contributed by atoms with E-state index in [9.17, 15) is 4.79 Å². The number of methoxy groups -OCH3 is 1. The largest absolute Gasteiger partial charge is 0.380 e. The molecule has 4 nitrogen and oxygen atoms in total. The van der Waals surface area contributed by atoms with E-state index in [2.05, 4.69) is 0 Å². The fourth-order valence-electron chi connectivity index (χ4n) is 1.78. The van der Waals surface area contributed by atoms with Crippen LogP contribution in [0, 0.1) is 5.92 Å². The van der Waals surface area contributed by atoms with Crippen molar-refractivity contribution < 1.29 is 9.53 Å². The zero-order chi connectivity index (χ0) is 11.3. The Kier molecular flexibility index (Phi) is 7.72. The minimum Gasteiger partial charge on any atom is -0.380 e. The van der Waals surface area contributed by atoms with E-state index in [0.29, 0.717) is 13.0 Å². The third-order valence-electron chi connectivity index (χ3n) is 3.18. The molecule has 5 heteroatoms. The summed E-state index contributed by atoms with van der Waals surface area (Å²) in [4.78, 5) is 13.5. The minimum atomic E-state index is -0.138. The number of halogens is 1. The van der Waals surface area contributed by atoms with Gasteiger partial charge in [-0.3, -0.25) is 4.79 Å². The van der Waals surface area contributed by atoms with Gasteiger partial charge in [0, 0.05) is 27.2 Å². The van der Waals surface area contributed by atoms with Crippen LogP contribution in [0.3, 0.4) is 0 Å². The highest BCUT2D eigenvalue weighted by Gasteiger charge is 2.22. The molecule has 0 aromatic carbocycles. The Morgan fingerprint density at radius 2 is 2.19 bits per heavy atom. The van der Waals surface area contributed by atoms with Crippen molar-refractivity contribution in [2.75, 3.05) is 27.2 Å². The number of amides is 1. The molecule has 0 spiro atoms. The number of rotatable bonds is 6. The van der Waals surface area contributed by atoms with Gasteiger partial charge in [0.2, 0.25) is 5.91 Å². The Labute approximate surface area is 104 Å². The van der Waals surface area contributed by atoms with Crippen LogP contribution in [-0.2, 0) is 9.53 Å². The number of nitrogens with two attached hydrogens (primary N) is 1. The Morgan fingerprint density at radius 1 is 1.56 bits per heavy atom. The highest BCUT2D eigenvalue weighted by molar-refractivity contribution is 5.85. The molecule has 0 aromatic rings. The quantitative estimate of drug-likeness (QED) is 0.766. The standard InChI is InChI=1S/C11H22N2O2.ClH/c1-13(8-9-4-3-5-9)11(14)6-10(7-12)15-2;/h9-10H,3-8,12H2,1-2H3;1H. The van der Waals surface area contributed by atoms with Gasteiger partial charge in [0.1, 0.15) is 0 Å². The summed E-state index contributed by atoms with van der Waals surface area (Å²) in [5.41, 5.74) is 5.47. The zero-order valence-corrected chi connectivity index (χ0v) is 11.0. The maximum absolute atomic E-state index is 11.7. The molecule has 1 rings (SSSR count). The van der Waals surface area contributed by atoms with Gasteiger partial charge in [0.05, 0.1) is 12.5 Å². The lowest BCUT2D eigenvalue weighted by molar-refractivity contribution is -0.133. The summed E-state index contributed by atoms with van der Waals surface area (Å²) in [6.07, 6.45) is 4.11. The van der Waals surface area contributed by atoms with Gasteiger partial charge in [-0.05, 0) is 18.8 Å². The molecule has 0 radical (unpaired) electrons. The van der Waals surface area contributed by atoms with Crippen LogP contribution < -0.4 is 5.73 Å². The van der Waals surface area contributed by atoms with Crippen LogP contribution in [0.1, 0.15) is 25.7 Å². The third kappa shape index (κ3) is 4.68. The first-order valence-electron chi connectivity index (χ1n) is 5.64. The Morgan fingerprint density at radius 3 is 2.56 bits per heavy atom. The van der Waals surface area contributed by atoms with Crippen molar-refractivity contribution in [2.24, 2.45) is 11.7 Å². The van der Waals surface area contributed by atoms with Crippen LogP contribution in [0.4, 0.5) is 0 Å². The Bertz CT molecular complexity index is 206. The molecular formula is C11H23ClN2O2. The van der Waals surface area contributed by atoms with Gasteiger partial charge in [-0.1, -0.05) is 6.42 Å². The van der Waals surface area contributed by atoms with Crippen LogP contribution in [0.5, 0.6) is 0 Å². The molecule has 1 unspecified atom stereocenters. The molecule has 1 amide bonds. The van der Waals surface area contributed by atoms with E-state index >= 15 is 0 Å². The topological polar surface area (TPSA) is 55.6 Å². The highest BCUT2D eigenvalue weighted by atomic mass is 35.5. The van der Waals surface area contributed by atoms with E-state index in [1.807, 2.05) is 11.9 Å². The van der Waals surface area contributed by atoms with Crippen molar-refractivity contribution in [3.05, 3.63) is 0 Å².